The molecule has 0 atom stereocenters. The van der Waals surface area contributed by atoms with Gasteiger partial charge in [-0.3, -0.25) is 0 Å². The van der Waals surface area contributed by atoms with E-state index in [2.05, 4.69) is 58.5 Å². The minimum Gasteiger partial charge on any atom is -0.383 e. The van der Waals surface area contributed by atoms with Crippen LogP contribution in [0.5, 0.6) is 0 Å². The Morgan fingerprint density at radius 2 is 1.95 bits per heavy atom. The van der Waals surface area contributed by atoms with Crippen LogP contribution >= 0.6 is 0 Å². The molecule has 0 aliphatic carbocycles. The van der Waals surface area contributed by atoms with Crippen molar-refractivity contribution in [2.24, 2.45) is 12.5 Å². The second-order valence-corrected chi connectivity index (χ2v) is 7.17. The van der Waals surface area contributed by atoms with E-state index >= 15 is 0 Å². The number of rotatable bonds is 2. The molecule has 4 N–H and O–H groups in total. The summed E-state index contributed by atoms with van der Waals surface area (Å²) in [5.74, 6) is 1.51. The zero-order chi connectivity index (χ0) is 16.1. The van der Waals surface area contributed by atoms with Crippen molar-refractivity contribution >= 4 is 23.8 Å². The van der Waals surface area contributed by atoms with Crippen LogP contribution in [0, 0.1) is 5.41 Å². The summed E-state index contributed by atoms with van der Waals surface area (Å²) in [6.45, 7) is 7.31. The van der Waals surface area contributed by atoms with Gasteiger partial charge in [0.05, 0.1) is 5.56 Å². The number of aromatic nitrogens is 3. The highest BCUT2D eigenvalue weighted by Crippen LogP contribution is 2.32. The molecule has 3 rings (SSSR count). The van der Waals surface area contributed by atoms with Gasteiger partial charge in [-0.05, 0) is 16.8 Å². The van der Waals surface area contributed by atoms with Gasteiger partial charge < -0.3 is 16.0 Å². The van der Waals surface area contributed by atoms with Crippen molar-refractivity contribution in [2.75, 3.05) is 11.5 Å². The normalized spacial score (nSPS) is 14.1. The van der Waals surface area contributed by atoms with Crippen LogP contribution in [-0.4, -0.2) is 25.3 Å². The van der Waals surface area contributed by atoms with Crippen molar-refractivity contribution in [1.29, 1.82) is 0 Å². The standard InChI is InChI=1S/C16H23N6/c1-16(2,3)5-12-13(17)19-15(18)20-14(12)22-8-10-6-21(4)7-11(10)9-22/h6-8H,5,9H2,1-4H3,(H4,17,18,19,20)/q+1. The van der Waals surface area contributed by atoms with Gasteiger partial charge in [-0.1, -0.05) is 20.8 Å². The molecule has 2 aromatic heterocycles. The lowest BCUT2D eigenvalue weighted by atomic mass is 9.88. The van der Waals surface area contributed by atoms with Crippen LogP contribution in [0.3, 0.4) is 0 Å². The van der Waals surface area contributed by atoms with Crippen molar-refractivity contribution < 1.29 is 4.58 Å². The monoisotopic (exact) mass is 299 g/mol. The molecule has 0 radical (unpaired) electrons. The third-order valence-corrected chi connectivity index (χ3v) is 3.72. The zero-order valence-corrected chi connectivity index (χ0v) is 13.6. The molecule has 0 amide bonds. The molecule has 6 heteroatoms. The van der Waals surface area contributed by atoms with Gasteiger partial charge in [-0.2, -0.15) is 4.98 Å². The van der Waals surface area contributed by atoms with Gasteiger partial charge in [0.2, 0.25) is 0 Å². The quantitative estimate of drug-likeness (QED) is 0.829. The number of hydrogen-bond donors (Lipinski definition) is 2. The van der Waals surface area contributed by atoms with Gasteiger partial charge in [-0.25, -0.2) is 4.58 Å². The topological polar surface area (TPSA) is 85.8 Å². The van der Waals surface area contributed by atoms with E-state index in [1.807, 2.05) is 7.05 Å². The Kier molecular flexibility index (Phi) is 3.20. The average molecular weight is 299 g/mol. The van der Waals surface area contributed by atoms with E-state index in [1.165, 1.54) is 11.1 Å². The maximum Gasteiger partial charge on any atom is 0.338 e. The highest BCUT2D eigenvalue weighted by molar-refractivity contribution is 5.80. The maximum absolute atomic E-state index is 6.13. The Morgan fingerprint density at radius 3 is 2.59 bits per heavy atom. The second kappa shape index (κ2) is 4.83. The Hall–Kier alpha value is -2.37. The molecule has 6 nitrogen and oxygen atoms in total. The number of aryl methyl sites for hydroxylation is 1. The molecule has 0 fully saturated rings. The molecule has 0 unspecified atom stereocenters. The molecule has 0 saturated heterocycles. The number of hydrogen-bond acceptors (Lipinski definition) is 4. The molecule has 1 aliphatic heterocycles. The van der Waals surface area contributed by atoms with E-state index in [0.717, 1.165) is 24.3 Å². The van der Waals surface area contributed by atoms with E-state index in [-0.39, 0.29) is 11.4 Å². The van der Waals surface area contributed by atoms with Crippen LogP contribution in [0.2, 0.25) is 0 Å². The lowest BCUT2D eigenvalue weighted by Gasteiger charge is -2.19. The van der Waals surface area contributed by atoms with Crippen molar-refractivity contribution in [2.45, 2.75) is 33.7 Å². The highest BCUT2D eigenvalue weighted by atomic mass is 15.2. The van der Waals surface area contributed by atoms with Crippen LogP contribution in [0.15, 0.2) is 12.4 Å². The number of nitrogens with zero attached hydrogens (tertiary/aromatic N) is 4. The molecule has 3 heterocycles. The Morgan fingerprint density at radius 1 is 1.23 bits per heavy atom. The van der Waals surface area contributed by atoms with Crippen LogP contribution in [-0.2, 0) is 20.0 Å². The van der Waals surface area contributed by atoms with E-state index < -0.39 is 0 Å². The zero-order valence-electron chi connectivity index (χ0n) is 13.6. The molecular weight excluding hydrogens is 276 g/mol. The Labute approximate surface area is 130 Å². The van der Waals surface area contributed by atoms with Gasteiger partial charge in [0, 0.05) is 30.6 Å². The summed E-state index contributed by atoms with van der Waals surface area (Å²) in [4.78, 5) is 8.60. The van der Waals surface area contributed by atoms with Gasteiger partial charge in [0.15, 0.2) is 0 Å². The minimum atomic E-state index is 0.0939. The summed E-state index contributed by atoms with van der Waals surface area (Å²) in [7, 11) is 2.03. The Balaban J connectivity index is 2.07. The first-order valence-electron chi connectivity index (χ1n) is 7.41. The van der Waals surface area contributed by atoms with E-state index in [9.17, 15) is 0 Å². The fraction of sp³-hybridized carbons (Fsp3) is 0.438. The second-order valence-electron chi connectivity index (χ2n) is 7.17. The number of anilines is 2. The SMILES string of the molecule is Cn1cc2c(c1)C[N+](c1nc(N)nc(N)c1CC(C)(C)C)=C2. The smallest absolute Gasteiger partial charge is 0.338 e. The Bertz CT molecular complexity index is 764. The van der Waals surface area contributed by atoms with E-state index in [0.29, 0.717) is 5.82 Å². The summed E-state index contributed by atoms with van der Waals surface area (Å²) >= 11 is 0. The first-order chi connectivity index (χ1) is 10.2. The fourth-order valence-corrected chi connectivity index (χ4v) is 2.89. The fourth-order valence-electron chi connectivity index (χ4n) is 2.89. The maximum atomic E-state index is 6.13. The predicted molar refractivity (Wildman–Crippen MR) is 88.2 cm³/mol. The van der Waals surface area contributed by atoms with Crippen LogP contribution in [0.25, 0.3) is 0 Å². The largest absolute Gasteiger partial charge is 0.383 e. The van der Waals surface area contributed by atoms with Gasteiger partial charge in [0.1, 0.15) is 18.6 Å². The summed E-state index contributed by atoms with van der Waals surface area (Å²) in [5, 5.41) is 0. The summed E-state index contributed by atoms with van der Waals surface area (Å²) < 4.78 is 4.18. The molecule has 2 aromatic rings. The first kappa shape index (κ1) is 14.6. The summed E-state index contributed by atoms with van der Waals surface area (Å²) in [5.41, 5.74) is 15.5. The van der Waals surface area contributed by atoms with E-state index in [4.69, 9.17) is 11.5 Å². The molecule has 22 heavy (non-hydrogen) atoms. The predicted octanol–water partition coefficient (Wildman–Crippen LogP) is 1.84. The molecule has 0 aromatic carbocycles. The molecule has 116 valence electrons. The summed E-state index contributed by atoms with van der Waals surface area (Å²) in [6, 6.07) is 0. The van der Waals surface area contributed by atoms with E-state index in [1.54, 1.807) is 0 Å². The third kappa shape index (κ3) is 2.68. The van der Waals surface area contributed by atoms with Crippen LogP contribution in [0.1, 0.15) is 37.5 Å². The number of nitrogen functional groups attached to an aromatic ring is 2. The summed E-state index contributed by atoms with van der Waals surface area (Å²) in [6.07, 6.45) is 7.13. The molecule has 1 aliphatic rings. The molecule has 0 bridgehead atoms. The lowest BCUT2D eigenvalue weighted by molar-refractivity contribution is -0.452. The van der Waals surface area contributed by atoms with Gasteiger partial charge in [-0.15, -0.1) is 0 Å². The molecular formula is C16H23N6+. The van der Waals surface area contributed by atoms with Gasteiger partial charge >= 0.3 is 11.8 Å². The van der Waals surface area contributed by atoms with Crippen molar-refractivity contribution in [3.8, 4) is 0 Å². The molecule has 0 spiro atoms. The van der Waals surface area contributed by atoms with Gasteiger partial charge in [0.25, 0.3) is 0 Å². The minimum absolute atomic E-state index is 0.0939. The lowest BCUT2D eigenvalue weighted by Crippen LogP contribution is -2.17. The first-order valence-corrected chi connectivity index (χ1v) is 7.41. The number of fused-ring (bicyclic) bond motifs is 1. The third-order valence-electron chi connectivity index (χ3n) is 3.72. The van der Waals surface area contributed by atoms with Crippen molar-refractivity contribution in [3.05, 3.63) is 29.1 Å². The highest BCUT2D eigenvalue weighted by Gasteiger charge is 2.29. The molecule has 0 saturated carbocycles. The average Bonchev–Trinajstić information content (AvgIpc) is 2.87. The van der Waals surface area contributed by atoms with Crippen LogP contribution < -0.4 is 11.5 Å². The number of nitrogens with two attached hydrogens (primary N) is 2. The van der Waals surface area contributed by atoms with Crippen molar-refractivity contribution in [3.63, 3.8) is 0 Å². The van der Waals surface area contributed by atoms with Crippen molar-refractivity contribution in [1.82, 2.24) is 14.5 Å². The van der Waals surface area contributed by atoms with Crippen LogP contribution in [0.4, 0.5) is 17.6 Å².